The van der Waals surface area contributed by atoms with Crippen molar-refractivity contribution in [1.29, 1.82) is 0 Å². The fourth-order valence-electron chi connectivity index (χ4n) is 6.32. The number of nitrogen functional groups attached to an aromatic ring is 1. The number of carbonyl (C=O) groups is 4. The van der Waals surface area contributed by atoms with Crippen molar-refractivity contribution >= 4 is 95.5 Å². The third-order valence-corrected chi connectivity index (χ3v) is 19.3. The molecule has 4 N–H and O–H groups in total. The van der Waals surface area contributed by atoms with E-state index in [-0.39, 0.29) is 100 Å². The lowest BCUT2D eigenvalue weighted by molar-refractivity contribution is -0.118. The molecule has 4 atom stereocenters. The van der Waals surface area contributed by atoms with Crippen LogP contribution in [0.25, 0.3) is 0 Å². The van der Waals surface area contributed by atoms with Crippen LogP contribution in [0.1, 0.15) is 123 Å². The van der Waals surface area contributed by atoms with Crippen LogP contribution in [-0.2, 0) is 65.3 Å². The lowest BCUT2D eigenvalue weighted by Crippen LogP contribution is -2.34. The fourth-order valence-corrected chi connectivity index (χ4v) is 12.7. The number of carbonyl (C=O) groups excluding carboxylic acids is 4. The number of ether oxygens (including phenoxy) is 4. The van der Waals surface area contributed by atoms with E-state index in [4.69, 9.17) is 52.4 Å². The number of phosphoric acid groups is 1. The summed E-state index contributed by atoms with van der Waals surface area (Å²) in [5.74, 6) is 2.30. The second-order valence-corrected chi connectivity index (χ2v) is 31.2. The Balaban J connectivity index is 0.000000453. The second kappa shape index (κ2) is 36.9. The molecule has 0 spiro atoms. The summed E-state index contributed by atoms with van der Waals surface area (Å²) in [6.45, 7) is 32.0. The normalized spacial score (nSPS) is 17.9. The average Bonchev–Trinajstić information content (AvgIpc) is 4.07. The zero-order valence-electron chi connectivity index (χ0n) is 52.2. The number of rotatable bonds is 28. The summed E-state index contributed by atoms with van der Waals surface area (Å²) in [6, 6.07) is 3.70. The van der Waals surface area contributed by atoms with Crippen LogP contribution in [0.15, 0.2) is 34.1 Å². The summed E-state index contributed by atoms with van der Waals surface area (Å²) in [6.07, 6.45) is 0.0926. The SMILES string of the molecule is CC(C)(C)C(=O)SCCOP(=O)(OCCSC(=O)C(C)(C)C)OCC1OC[C@@H](n2ccc(N)nc2=O)O1.CC(C)N(C(C)C)P(OCCSC(=O)C(C)(C)C)OCCSC(=O)C(C)(C)C.CN(C)CNc1ccn([C@@H]2COC(CO)O2)c(=O)n1. The largest absolute Gasteiger partial charge is 0.475 e. The average molecular weight is 1310 g/mol. The zero-order valence-corrected chi connectivity index (χ0v) is 57.3. The second-order valence-electron chi connectivity index (χ2n) is 23.8. The van der Waals surface area contributed by atoms with Crippen molar-refractivity contribution in [2.75, 3.05) is 108 Å². The predicted molar refractivity (Wildman–Crippen MR) is 334 cm³/mol. The van der Waals surface area contributed by atoms with Crippen LogP contribution in [-0.4, -0.2) is 176 Å². The van der Waals surface area contributed by atoms with Crippen LogP contribution in [0, 0.1) is 21.7 Å². The lowest BCUT2D eigenvalue weighted by Gasteiger charge is -2.35. The molecule has 0 aliphatic carbocycles. The first-order valence-corrected chi connectivity index (χ1v) is 34.0. The maximum absolute atomic E-state index is 13.3. The van der Waals surface area contributed by atoms with E-state index in [2.05, 4.69) is 47.7 Å². The molecule has 4 heterocycles. The van der Waals surface area contributed by atoms with Crippen molar-refractivity contribution in [3.05, 3.63) is 45.5 Å². The van der Waals surface area contributed by atoms with Gasteiger partial charge in [-0.15, -0.1) is 0 Å². The summed E-state index contributed by atoms with van der Waals surface area (Å²) < 4.78 is 68.1. The first-order chi connectivity index (χ1) is 38.9. The van der Waals surface area contributed by atoms with Gasteiger partial charge in [0, 0.05) is 69.1 Å². The van der Waals surface area contributed by atoms with Gasteiger partial charge in [-0.05, 0) is 53.9 Å². The van der Waals surface area contributed by atoms with E-state index in [1.165, 1.54) is 44.9 Å². The molecule has 482 valence electrons. The number of hydrogen-bond acceptors (Lipinski definition) is 27. The molecular formula is C53H94N8O17P2S4. The minimum Gasteiger partial charge on any atom is -0.391 e. The Hall–Kier alpha value is -2.38. The number of hydrogen-bond donors (Lipinski definition) is 3. The van der Waals surface area contributed by atoms with Crippen LogP contribution in [0.3, 0.4) is 0 Å². The monoisotopic (exact) mass is 1300 g/mol. The summed E-state index contributed by atoms with van der Waals surface area (Å²) >= 11 is 4.75. The van der Waals surface area contributed by atoms with E-state index in [0.29, 0.717) is 37.2 Å². The molecule has 2 aliphatic heterocycles. The summed E-state index contributed by atoms with van der Waals surface area (Å²) in [5.41, 5.74) is 2.76. The summed E-state index contributed by atoms with van der Waals surface area (Å²) in [5, 5.41) is 12.2. The number of phosphoric ester groups is 1. The van der Waals surface area contributed by atoms with Gasteiger partial charge in [-0.25, -0.2) is 18.8 Å². The zero-order chi connectivity index (χ0) is 63.8. The molecule has 2 fully saturated rings. The van der Waals surface area contributed by atoms with Gasteiger partial charge in [0.25, 0.3) is 8.53 Å². The maximum Gasteiger partial charge on any atom is 0.475 e. The molecule has 2 aliphatic rings. The maximum atomic E-state index is 13.3. The smallest absolute Gasteiger partial charge is 0.391 e. The molecule has 0 saturated carbocycles. The number of nitrogens with zero attached hydrogens (tertiary/aromatic N) is 6. The van der Waals surface area contributed by atoms with E-state index < -0.39 is 63.6 Å². The molecule has 0 aromatic carbocycles. The van der Waals surface area contributed by atoms with Gasteiger partial charge in [0.1, 0.15) is 18.2 Å². The van der Waals surface area contributed by atoms with Crippen LogP contribution in [0.4, 0.5) is 11.6 Å². The number of anilines is 2. The molecule has 0 radical (unpaired) electrons. The van der Waals surface area contributed by atoms with Gasteiger partial charge in [0.2, 0.25) is 0 Å². The number of nitrogens with two attached hydrogens (primary N) is 1. The Labute approximate surface area is 514 Å². The minimum absolute atomic E-state index is 0.0304. The minimum atomic E-state index is -4.09. The third kappa shape index (κ3) is 29.7. The highest BCUT2D eigenvalue weighted by molar-refractivity contribution is 8.14. The molecule has 2 saturated heterocycles. The van der Waals surface area contributed by atoms with Gasteiger partial charge in [0.05, 0.1) is 52.9 Å². The Morgan fingerprint density at radius 2 is 1.07 bits per heavy atom. The van der Waals surface area contributed by atoms with Crippen LogP contribution < -0.4 is 22.4 Å². The quantitative estimate of drug-likeness (QED) is 0.0408. The van der Waals surface area contributed by atoms with Gasteiger partial charge in [-0.1, -0.05) is 130 Å². The molecule has 0 bridgehead atoms. The van der Waals surface area contributed by atoms with Gasteiger partial charge in [-0.3, -0.25) is 46.8 Å². The first-order valence-electron chi connectivity index (χ1n) is 27.4. The van der Waals surface area contributed by atoms with E-state index in [1.54, 1.807) is 53.8 Å². The van der Waals surface area contributed by atoms with Gasteiger partial charge in [0.15, 0.2) is 45.5 Å². The van der Waals surface area contributed by atoms with Crippen molar-refractivity contribution in [1.82, 2.24) is 28.7 Å². The lowest BCUT2D eigenvalue weighted by atomic mass is 9.99. The van der Waals surface area contributed by atoms with Crippen LogP contribution >= 0.6 is 63.4 Å². The topological polar surface area (TPSA) is 303 Å². The van der Waals surface area contributed by atoms with Crippen LogP contribution in [0.5, 0.6) is 0 Å². The molecular weight excluding hydrogens is 1210 g/mol. The van der Waals surface area contributed by atoms with E-state index in [0.717, 1.165) is 23.5 Å². The van der Waals surface area contributed by atoms with Crippen molar-refractivity contribution in [2.45, 2.75) is 148 Å². The molecule has 2 aromatic heterocycles. The highest BCUT2D eigenvalue weighted by Crippen LogP contribution is 2.50. The van der Waals surface area contributed by atoms with E-state index in [9.17, 15) is 33.3 Å². The van der Waals surface area contributed by atoms with Gasteiger partial charge >= 0.3 is 19.2 Å². The number of aliphatic hydroxyl groups is 1. The molecule has 31 heteroatoms. The van der Waals surface area contributed by atoms with E-state index in [1.807, 2.05) is 60.5 Å². The highest BCUT2D eigenvalue weighted by Gasteiger charge is 2.35. The van der Waals surface area contributed by atoms with Gasteiger partial charge in [-0.2, -0.15) is 9.97 Å². The molecule has 0 amide bonds. The number of thioether (sulfide) groups is 4. The van der Waals surface area contributed by atoms with Crippen LogP contribution in [0.2, 0.25) is 0 Å². The summed E-state index contributed by atoms with van der Waals surface area (Å²) in [7, 11) is -1.51. The summed E-state index contributed by atoms with van der Waals surface area (Å²) in [4.78, 5) is 81.7. The van der Waals surface area contributed by atoms with E-state index >= 15 is 0 Å². The van der Waals surface area contributed by atoms with Crippen molar-refractivity contribution < 1.29 is 70.4 Å². The Bertz CT molecular complexity index is 2440. The van der Waals surface area contributed by atoms with Gasteiger partial charge < -0.3 is 44.2 Å². The Morgan fingerprint density at radius 1 is 0.679 bits per heavy atom. The fraction of sp³-hybridized carbons (Fsp3) is 0.774. The molecule has 84 heavy (non-hydrogen) atoms. The van der Waals surface area contributed by atoms with Crippen molar-refractivity contribution in [3.63, 3.8) is 0 Å². The molecule has 4 rings (SSSR count). The molecule has 2 aromatic rings. The third-order valence-electron chi connectivity index (χ3n) is 10.7. The molecule has 2 unspecified atom stereocenters. The Kier molecular flexibility index (Phi) is 34.2. The highest BCUT2D eigenvalue weighted by atomic mass is 32.2. The number of nitrogens with one attached hydrogen (secondary N) is 1. The predicted octanol–water partition coefficient (Wildman–Crippen LogP) is 8.48. The number of aliphatic hydroxyl groups excluding tert-OH is 1. The Morgan fingerprint density at radius 3 is 1.44 bits per heavy atom. The van der Waals surface area contributed by atoms with Crippen molar-refractivity contribution in [2.24, 2.45) is 21.7 Å². The van der Waals surface area contributed by atoms with Crippen molar-refractivity contribution in [3.8, 4) is 0 Å². The molecule has 25 nitrogen and oxygen atoms in total. The number of aromatic nitrogens is 4. The first kappa shape index (κ1) is 77.7. The standard InChI is InChI=1S/C22H36N3O9PS2.C20H40NO4PS2.C11H18N4O4/c1-21(2,3)18(26)36-11-9-31-35(29,32-10-12-37-19(27)22(4,5)6)33-14-17-30-13-16(34-17)25-8-7-15(23)24-20(25)28;1-15(2)21(16(3)4)26(24-11-13-27-17(22)19(5,6)7)25-12-14-28-18(23)20(8,9)10;1-14(2)7-12-8-3-4-15(11(17)13-8)9-6-18-10(5-16)19-9/h7-8,16-17H,9-14H2,1-6H3,(H2,23,24,28);15-16H,11-14H2,1-10H3;3-4,9-10,16H,5-7H2,1-2H3,(H,12,13,17)/t16-,17?;;9-,10?/m0.0/s1.